The average Bonchev–Trinajstić information content (AvgIpc) is 3.37. The zero-order chi connectivity index (χ0) is 24.2. The Labute approximate surface area is 193 Å². The molecule has 0 aromatic carbocycles. The molecule has 0 amide bonds. The van der Waals surface area contributed by atoms with Crippen LogP contribution in [0.5, 0.6) is 11.5 Å². The third-order valence-electron chi connectivity index (χ3n) is 5.06. The van der Waals surface area contributed by atoms with Crippen LogP contribution in [0.1, 0.15) is 5.56 Å². The van der Waals surface area contributed by atoms with Crippen LogP contribution >= 0.6 is 11.6 Å². The molecule has 0 atom stereocenters. The van der Waals surface area contributed by atoms with E-state index in [0.717, 1.165) is 22.2 Å². The molecule has 0 saturated carbocycles. The topological polar surface area (TPSA) is 116 Å². The van der Waals surface area contributed by atoms with Crippen LogP contribution in [-0.2, 0) is 20.3 Å². The number of pyridine rings is 3. The number of aromatic nitrogens is 7. The van der Waals surface area contributed by atoms with E-state index >= 15 is 0 Å². The number of imidazole rings is 1. The van der Waals surface area contributed by atoms with E-state index in [9.17, 15) is 18.0 Å². The number of rotatable bonds is 4. The monoisotopic (exact) mass is 490 g/mol. The summed E-state index contributed by atoms with van der Waals surface area (Å²) in [7, 11) is 2.81. The summed E-state index contributed by atoms with van der Waals surface area (Å²) in [4.78, 5) is 25.1. The molecule has 5 aromatic heterocycles. The maximum absolute atomic E-state index is 13.2. The van der Waals surface area contributed by atoms with Crippen molar-refractivity contribution in [3.05, 3.63) is 57.9 Å². The SMILES string of the molecule is Cn1cc(C(F)(F)F)cc(Nc2nc3ncc(Oc4cnc5[nH]ncc5c4)c(Cl)c3n2C)c1=O. The molecule has 5 rings (SSSR count). The second-order valence-electron chi connectivity index (χ2n) is 7.37. The third-order valence-corrected chi connectivity index (χ3v) is 5.42. The predicted octanol–water partition coefficient (Wildman–Crippen LogP) is 4.15. The Kier molecular flexibility index (Phi) is 4.93. The number of anilines is 2. The van der Waals surface area contributed by atoms with E-state index in [1.807, 2.05) is 0 Å². The summed E-state index contributed by atoms with van der Waals surface area (Å²) in [5.74, 6) is 0.674. The summed E-state index contributed by atoms with van der Waals surface area (Å²) in [6.45, 7) is 0. The minimum Gasteiger partial charge on any atom is -0.452 e. The number of ether oxygens (including phenoxy) is 1. The highest BCUT2D eigenvalue weighted by Gasteiger charge is 2.32. The maximum atomic E-state index is 13.2. The van der Waals surface area contributed by atoms with Crippen LogP contribution < -0.4 is 15.6 Å². The van der Waals surface area contributed by atoms with Crippen molar-refractivity contribution >= 4 is 45.4 Å². The molecule has 174 valence electrons. The van der Waals surface area contributed by atoms with Gasteiger partial charge in [-0.15, -0.1) is 0 Å². The van der Waals surface area contributed by atoms with Crippen molar-refractivity contribution in [1.82, 2.24) is 34.3 Å². The van der Waals surface area contributed by atoms with E-state index in [2.05, 4.69) is 30.5 Å². The fourth-order valence-corrected chi connectivity index (χ4v) is 3.67. The number of aromatic amines is 1. The lowest BCUT2D eigenvalue weighted by Crippen LogP contribution is -2.23. The minimum atomic E-state index is -4.63. The molecule has 0 spiro atoms. The third kappa shape index (κ3) is 3.69. The molecule has 2 N–H and O–H groups in total. The number of hydrogen-bond donors (Lipinski definition) is 2. The Morgan fingerprint density at radius 3 is 2.71 bits per heavy atom. The van der Waals surface area contributed by atoms with E-state index < -0.39 is 17.3 Å². The number of hydrogen-bond acceptors (Lipinski definition) is 7. The standard InChI is InChI=1S/C20H14ClF3N8O2/c1-31-8-10(20(22,23)24)4-12(18(31)33)28-19-29-17-15(32(19)2)14(21)13(7-26-17)34-11-3-9-5-27-30-16(9)25-6-11/h3-8H,1-2H3,(H,25,27,30)(H,26,28,29). The number of aryl methyl sites for hydroxylation is 2. The Morgan fingerprint density at radius 2 is 1.94 bits per heavy atom. The molecule has 0 saturated heterocycles. The van der Waals surface area contributed by atoms with Crippen molar-refractivity contribution in [1.29, 1.82) is 0 Å². The van der Waals surface area contributed by atoms with Crippen molar-refractivity contribution in [2.24, 2.45) is 14.1 Å². The van der Waals surface area contributed by atoms with Gasteiger partial charge >= 0.3 is 6.18 Å². The first-order valence-corrected chi connectivity index (χ1v) is 10.0. The normalized spacial score (nSPS) is 11.9. The summed E-state index contributed by atoms with van der Waals surface area (Å²) in [6.07, 6.45) is 0.542. The quantitative estimate of drug-likeness (QED) is 0.389. The number of halogens is 4. The van der Waals surface area contributed by atoms with Crippen LogP contribution in [0.3, 0.4) is 0 Å². The largest absolute Gasteiger partial charge is 0.452 e. The molecular formula is C20H14ClF3N8O2. The summed E-state index contributed by atoms with van der Waals surface area (Å²) in [6, 6.07) is 2.44. The fraction of sp³-hybridized carbons (Fsp3) is 0.150. The lowest BCUT2D eigenvalue weighted by atomic mass is 10.2. The molecule has 0 bridgehead atoms. The van der Waals surface area contributed by atoms with E-state index in [4.69, 9.17) is 16.3 Å². The van der Waals surface area contributed by atoms with Gasteiger partial charge in [0.05, 0.1) is 24.2 Å². The molecular weight excluding hydrogens is 477 g/mol. The van der Waals surface area contributed by atoms with E-state index in [1.165, 1.54) is 24.0 Å². The lowest BCUT2D eigenvalue weighted by molar-refractivity contribution is -0.138. The van der Waals surface area contributed by atoms with Gasteiger partial charge in [-0.3, -0.25) is 9.89 Å². The predicted molar refractivity (Wildman–Crippen MR) is 117 cm³/mol. The molecule has 0 radical (unpaired) electrons. The molecule has 14 heteroatoms. The summed E-state index contributed by atoms with van der Waals surface area (Å²) < 4.78 is 47.7. The molecule has 0 aliphatic heterocycles. The second kappa shape index (κ2) is 7.73. The number of fused-ring (bicyclic) bond motifs is 2. The van der Waals surface area contributed by atoms with Crippen LogP contribution in [0.15, 0.2) is 41.7 Å². The summed E-state index contributed by atoms with van der Waals surface area (Å²) in [5.41, 5.74) is -0.800. The number of nitrogens with zero attached hydrogens (tertiary/aromatic N) is 6. The van der Waals surface area contributed by atoms with Gasteiger partial charge in [-0.25, -0.2) is 9.97 Å². The highest BCUT2D eigenvalue weighted by Crippen LogP contribution is 2.36. The smallest absolute Gasteiger partial charge is 0.417 e. The van der Waals surface area contributed by atoms with E-state index in [1.54, 1.807) is 19.3 Å². The van der Waals surface area contributed by atoms with E-state index in [0.29, 0.717) is 16.9 Å². The molecule has 5 aromatic rings. The average molecular weight is 491 g/mol. The van der Waals surface area contributed by atoms with Gasteiger partial charge < -0.3 is 19.2 Å². The second-order valence-corrected chi connectivity index (χ2v) is 7.74. The van der Waals surface area contributed by atoms with Crippen molar-refractivity contribution in [3.8, 4) is 11.5 Å². The van der Waals surface area contributed by atoms with Gasteiger partial charge in [-0.2, -0.15) is 23.3 Å². The van der Waals surface area contributed by atoms with Gasteiger partial charge in [0, 0.05) is 25.7 Å². The van der Waals surface area contributed by atoms with E-state index in [-0.39, 0.29) is 28.1 Å². The Bertz CT molecular complexity index is 1620. The van der Waals surface area contributed by atoms with Crippen LogP contribution in [0.25, 0.3) is 22.2 Å². The number of alkyl halides is 3. The highest BCUT2D eigenvalue weighted by molar-refractivity contribution is 6.36. The maximum Gasteiger partial charge on any atom is 0.417 e. The molecule has 0 fully saturated rings. The van der Waals surface area contributed by atoms with Crippen LogP contribution in [0, 0.1) is 0 Å². The van der Waals surface area contributed by atoms with Crippen LogP contribution in [0.4, 0.5) is 24.8 Å². The van der Waals surface area contributed by atoms with Gasteiger partial charge in [-0.05, 0) is 12.1 Å². The van der Waals surface area contributed by atoms with Crippen LogP contribution in [0.2, 0.25) is 5.02 Å². The van der Waals surface area contributed by atoms with Gasteiger partial charge in [0.25, 0.3) is 5.56 Å². The molecule has 5 heterocycles. The van der Waals surface area contributed by atoms with Gasteiger partial charge in [0.2, 0.25) is 5.95 Å². The van der Waals surface area contributed by atoms with Gasteiger partial charge in [0.15, 0.2) is 17.0 Å². The van der Waals surface area contributed by atoms with Crippen molar-refractivity contribution in [2.75, 3.05) is 5.32 Å². The van der Waals surface area contributed by atoms with Gasteiger partial charge in [-0.1, -0.05) is 11.6 Å². The number of H-pyrrole nitrogens is 1. The Hall–Kier alpha value is -4.13. The van der Waals surface area contributed by atoms with Crippen LogP contribution in [-0.4, -0.2) is 34.3 Å². The first kappa shape index (κ1) is 21.7. The van der Waals surface area contributed by atoms with Crippen molar-refractivity contribution in [2.45, 2.75) is 6.18 Å². The first-order chi connectivity index (χ1) is 16.1. The first-order valence-electron chi connectivity index (χ1n) is 9.64. The Morgan fingerprint density at radius 1 is 1.15 bits per heavy atom. The molecule has 0 aliphatic carbocycles. The fourth-order valence-electron chi connectivity index (χ4n) is 3.37. The highest BCUT2D eigenvalue weighted by atomic mass is 35.5. The molecule has 34 heavy (non-hydrogen) atoms. The summed E-state index contributed by atoms with van der Waals surface area (Å²) >= 11 is 6.54. The zero-order valence-electron chi connectivity index (χ0n) is 17.5. The van der Waals surface area contributed by atoms with Crippen molar-refractivity contribution in [3.63, 3.8) is 0 Å². The molecule has 0 aliphatic rings. The lowest BCUT2D eigenvalue weighted by Gasteiger charge is -2.12. The zero-order valence-corrected chi connectivity index (χ0v) is 18.2. The number of nitrogens with one attached hydrogen (secondary N) is 2. The molecule has 0 unspecified atom stereocenters. The Balaban J connectivity index is 1.52. The van der Waals surface area contributed by atoms with Crippen molar-refractivity contribution < 1.29 is 17.9 Å². The minimum absolute atomic E-state index is 0.0689. The van der Waals surface area contributed by atoms with Gasteiger partial charge in [0.1, 0.15) is 22.0 Å². The summed E-state index contributed by atoms with van der Waals surface area (Å²) in [5, 5.41) is 10.2. The molecule has 10 nitrogen and oxygen atoms in total.